The van der Waals surface area contributed by atoms with Crippen LogP contribution in [0, 0.1) is 6.92 Å². The van der Waals surface area contributed by atoms with Crippen LogP contribution in [0.3, 0.4) is 0 Å². The normalized spacial score (nSPS) is 13.1. The van der Waals surface area contributed by atoms with Crippen molar-refractivity contribution >= 4 is 32.4 Å². The quantitative estimate of drug-likeness (QED) is 0.712. The summed E-state index contributed by atoms with van der Waals surface area (Å²) >= 11 is 6.00. The van der Waals surface area contributed by atoms with Crippen molar-refractivity contribution in [1.82, 2.24) is 4.72 Å². The third-order valence-electron chi connectivity index (χ3n) is 4.10. The Bertz CT molecular complexity index is 1010. The molecule has 3 aromatic carbocycles. The van der Waals surface area contributed by atoms with Gasteiger partial charge in [-0.15, -0.1) is 0 Å². The highest BCUT2D eigenvalue weighted by Crippen LogP contribution is 2.25. The fraction of sp³-hybridized carbons (Fsp3) is 0.158. The number of hydrogen-bond acceptors (Lipinski definition) is 3. The minimum atomic E-state index is -3.75. The van der Waals surface area contributed by atoms with E-state index in [2.05, 4.69) is 4.72 Å². The second kappa shape index (κ2) is 7.14. The predicted molar refractivity (Wildman–Crippen MR) is 100 cm³/mol. The average molecular weight is 376 g/mol. The number of hydrogen-bond donors (Lipinski definition) is 2. The van der Waals surface area contributed by atoms with Crippen LogP contribution < -0.4 is 4.72 Å². The highest BCUT2D eigenvalue weighted by atomic mass is 35.5. The van der Waals surface area contributed by atoms with Crippen LogP contribution in [-0.2, 0) is 10.0 Å². The molecule has 1 atom stereocenters. The molecule has 0 saturated heterocycles. The summed E-state index contributed by atoms with van der Waals surface area (Å²) in [7, 11) is -3.75. The molecule has 25 heavy (non-hydrogen) atoms. The van der Waals surface area contributed by atoms with Crippen LogP contribution in [0.2, 0.25) is 5.02 Å². The lowest BCUT2D eigenvalue weighted by atomic mass is 10.0. The van der Waals surface area contributed by atoms with Gasteiger partial charge in [0.1, 0.15) is 0 Å². The maximum atomic E-state index is 12.4. The van der Waals surface area contributed by atoms with E-state index in [0.717, 1.165) is 16.3 Å². The Labute approximate surface area is 152 Å². The average Bonchev–Trinajstić information content (AvgIpc) is 2.61. The molecule has 130 valence electrons. The Kier molecular flexibility index (Phi) is 5.11. The number of sulfonamides is 1. The molecule has 3 aromatic rings. The molecule has 0 spiro atoms. The number of rotatable bonds is 5. The topological polar surface area (TPSA) is 66.4 Å². The van der Waals surface area contributed by atoms with E-state index < -0.39 is 16.1 Å². The summed E-state index contributed by atoms with van der Waals surface area (Å²) in [4.78, 5) is 0.0771. The highest BCUT2D eigenvalue weighted by molar-refractivity contribution is 7.89. The minimum absolute atomic E-state index is 0.0771. The molecule has 0 aliphatic carbocycles. The number of aliphatic hydroxyl groups is 1. The van der Waals surface area contributed by atoms with E-state index in [0.29, 0.717) is 10.6 Å². The van der Waals surface area contributed by atoms with Gasteiger partial charge in [-0.1, -0.05) is 60.1 Å². The van der Waals surface area contributed by atoms with Gasteiger partial charge in [0.05, 0.1) is 11.0 Å². The van der Waals surface area contributed by atoms with Crippen molar-refractivity contribution in [2.75, 3.05) is 6.54 Å². The van der Waals surface area contributed by atoms with Gasteiger partial charge in [0, 0.05) is 11.6 Å². The first kappa shape index (κ1) is 17.9. The van der Waals surface area contributed by atoms with Crippen molar-refractivity contribution in [2.24, 2.45) is 0 Å². The van der Waals surface area contributed by atoms with E-state index in [1.807, 2.05) is 36.4 Å². The van der Waals surface area contributed by atoms with Crippen LogP contribution in [0.5, 0.6) is 0 Å². The molecule has 0 radical (unpaired) electrons. The lowest BCUT2D eigenvalue weighted by Crippen LogP contribution is -2.28. The summed E-state index contributed by atoms with van der Waals surface area (Å²) in [5.74, 6) is 0. The van der Waals surface area contributed by atoms with E-state index in [1.165, 1.54) is 12.1 Å². The molecule has 0 bridgehead atoms. The van der Waals surface area contributed by atoms with E-state index in [9.17, 15) is 13.5 Å². The Morgan fingerprint density at radius 1 is 1.08 bits per heavy atom. The molecule has 0 aromatic heterocycles. The fourth-order valence-corrected chi connectivity index (χ4v) is 3.97. The molecule has 0 fully saturated rings. The Balaban J connectivity index is 1.81. The molecule has 0 heterocycles. The van der Waals surface area contributed by atoms with Crippen LogP contribution >= 0.6 is 11.6 Å². The highest BCUT2D eigenvalue weighted by Gasteiger charge is 2.18. The van der Waals surface area contributed by atoms with Gasteiger partial charge in [-0.05, 0) is 41.0 Å². The van der Waals surface area contributed by atoms with Gasteiger partial charge in [0.25, 0.3) is 0 Å². The summed E-state index contributed by atoms with van der Waals surface area (Å²) in [6.45, 7) is 1.68. The smallest absolute Gasteiger partial charge is 0.240 e. The van der Waals surface area contributed by atoms with Gasteiger partial charge in [0.15, 0.2) is 0 Å². The summed E-state index contributed by atoms with van der Waals surface area (Å²) in [5, 5.41) is 12.8. The molecule has 3 rings (SSSR count). The van der Waals surface area contributed by atoms with Crippen molar-refractivity contribution in [3.8, 4) is 0 Å². The molecule has 0 aliphatic heterocycles. The second-order valence-electron chi connectivity index (χ2n) is 5.85. The molecule has 2 N–H and O–H groups in total. The molecular weight excluding hydrogens is 358 g/mol. The molecule has 4 nitrogen and oxygen atoms in total. The third-order valence-corrected chi connectivity index (χ3v) is 5.93. The SMILES string of the molecule is Cc1ccc(S(=O)(=O)NCC(O)c2cccc3ccccc23)cc1Cl. The fourth-order valence-electron chi connectivity index (χ4n) is 2.66. The summed E-state index contributed by atoms with van der Waals surface area (Å²) < 4.78 is 27.3. The number of aryl methyl sites for hydroxylation is 1. The van der Waals surface area contributed by atoms with Crippen molar-refractivity contribution in [3.05, 3.63) is 76.8 Å². The van der Waals surface area contributed by atoms with Gasteiger partial charge < -0.3 is 5.11 Å². The zero-order valence-corrected chi connectivity index (χ0v) is 15.2. The van der Waals surface area contributed by atoms with Gasteiger partial charge >= 0.3 is 0 Å². The molecular formula is C19H18ClNO3S. The van der Waals surface area contributed by atoms with Crippen LogP contribution in [0.4, 0.5) is 0 Å². The maximum Gasteiger partial charge on any atom is 0.240 e. The first-order chi connectivity index (χ1) is 11.9. The third kappa shape index (κ3) is 3.85. The summed E-state index contributed by atoms with van der Waals surface area (Å²) in [5.41, 5.74) is 1.49. The Morgan fingerprint density at radius 3 is 2.56 bits per heavy atom. The van der Waals surface area contributed by atoms with Gasteiger partial charge in [-0.25, -0.2) is 13.1 Å². The standard InChI is InChI=1S/C19H18ClNO3S/c1-13-9-10-15(11-18(13)20)25(23,24)21-12-19(22)17-8-4-6-14-5-2-3-7-16(14)17/h2-11,19,21-22H,12H2,1H3. The summed E-state index contributed by atoms with van der Waals surface area (Å²) in [6.07, 6.45) is -0.957. The number of aliphatic hydroxyl groups excluding tert-OH is 1. The number of benzene rings is 3. The Morgan fingerprint density at radius 2 is 1.80 bits per heavy atom. The van der Waals surface area contributed by atoms with Gasteiger partial charge in [-0.3, -0.25) is 0 Å². The van der Waals surface area contributed by atoms with Crippen molar-refractivity contribution in [2.45, 2.75) is 17.9 Å². The largest absolute Gasteiger partial charge is 0.387 e. The van der Waals surface area contributed by atoms with Crippen LogP contribution in [0.25, 0.3) is 10.8 Å². The minimum Gasteiger partial charge on any atom is -0.387 e. The maximum absolute atomic E-state index is 12.4. The Hall–Kier alpha value is -1.92. The van der Waals surface area contributed by atoms with E-state index in [1.54, 1.807) is 19.1 Å². The van der Waals surface area contributed by atoms with Crippen molar-refractivity contribution in [3.63, 3.8) is 0 Å². The first-order valence-electron chi connectivity index (χ1n) is 7.80. The lowest BCUT2D eigenvalue weighted by molar-refractivity contribution is 0.183. The van der Waals surface area contributed by atoms with Crippen LogP contribution in [0.1, 0.15) is 17.2 Å². The van der Waals surface area contributed by atoms with Crippen LogP contribution in [0.15, 0.2) is 65.6 Å². The number of nitrogens with one attached hydrogen (secondary N) is 1. The van der Waals surface area contributed by atoms with E-state index in [4.69, 9.17) is 11.6 Å². The van der Waals surface area contributed by atoms with Crippen molar-refractivity contribution < 1.29 is 13.5 Å². The molecule has 0 saturated carbocycles. The molecule has 0 aliphatic rings. The first-order valence-corrected chi connectivity index (χ1v) is 9.66. The van der Waals surface area contributed by atoms with Crippen molar-refractivity contribution in [1.29, 1.82) is 0 Å². The van der Waals surface area contributed by atoms with Gasteiger partial charge in [-0.2, -0.15) is 0 Å². The van der Waals surface area contributed by atoms with E-state index in [-0.39, 0.29) is 11.4 Å². The molecule has 0 amide bonds. The zero-order valence-electron chi connectivity index (χ0n) is 13.6. The molecule has 6 heteroatoms. The monoisotopic (exact) mass is 375 g/mol. The van der Waals surface area contributed by atoms with Gasteiger partial charge in [0.2, 0.25) is 10.0 Å². The number of fused-ring (bicyclic) bond motifs is 1. The van der Waals surface area contributed by atoms with E-state index >= 15 is 0 Å². The number of halogens is 1. The summed E-state index contributed by atoms with van der Waals surface area (Å²) in [6, 6.07) is 17.8. The predicted octanol–water partition coefficient (Wildman–Crippen LogP) is 3.81. The second-order valence-corrected chi connectivity index (χ2v) is 8.02. The lowest BCUT2D eigenvalue weighted by Gasteiger charge is -2.15. The zero-order chi connectivity index (χ0) is 18.0. The van der Waals surface area contributed by atoms with Crippen LogP contribution in [-0.4, -0.2) is 20.1 Å². The molecule has 1 unspecified atom stereocenters.